The summed E-state index contributed by atoms with van der Waals surface area (Å²) in [5.74, 6) is 0. The van der Waals surface area contributed by atoms with E-state index in [4.69, 9.17) is 14.4 Å². The molecule has 356 valence electrons. The van der Waals surface area contributed by atoms with E-state index in [1.165, 1.54) is 6.42 Å². The highest BCUT2D eigenvalue weighted by atomic mass is 16.3. The third-order valence-corrected chi connectivity index (χ3v) is 12.7. The Morgan fingerprint density at radius 1 is 0.466 bits per heavy atom. The molecule has 0 radical (unpaired) electrons. The van der Waals surface area contributed by atoms with Gasteiger partial charge in [-0.1, -0.05) is 144 Å². The van der Waals surface area contributed by atoms with Crippen LogP contribution in [-0.4, -0.2) is 29.1 Å². The lowest BCUT2D eigenvalue weighted by molar-refractivity contribution is 0.666. The predicted molar refractivity (Wildman–Crippen MR) is 308 cm³/mol. The second-order valence-corrected chi connectivity index (χ2v) is 17.3. The van der Waals surface area contributed by atoms with Crippen molar-refractivity contribution < 1.29 is 4.42 Å². The van der Waals surface area contributed by atoms with Gasteiger partial charge in [0.1, 0.15) is 5.58 Å². The van der Waals surface area contributed by atoms with Gasteiger partial charge in [-0.3, -0.25) is 19.9 Å². The van der Waals surface area contributed by atoms with E-state index >= 15 is 0 Å². The number of allylic oxidation sites excluding steroid dienone is 3. The molecule has 73 heavy (non-hydrogen) atoms. The second-order valence-electron chi connectivity index (χ2n) is 17.3. The van der Waals surface area contributed by atoms with Crippen LogP contribution in [0.1, 0.15) is 41.0 Å². The van der Waals surface area contributed by atoms with E-state index in [0.717, 1.165) is 122 Å². The summed E-state index contributed by atoms with van der Waals surface area (Å²) in [7, 11) is 0. The van der Waals surface area contributed by atoms with E-state index in [0.29, 0.717) is 0 Å². The van der Waals surface area contributed by atoms with Crippen LogP contribution in [-0.2, 0) is 0 Å². The number of para-hydroxylation sites is 1. The molecule has 0 aliphatic carbocycles. The van der Waals surface area contributed by atoms with Gasteiger partial charge in [0, 0.05) is 63.1 Å². The van der Waals surface area contributed by atoms with Crippen molar-refractivity contribution in [3.05, 3.63) is 232 Å². The topological polar surface area (TPSA) is 74.6 Å². The van der Waals surface area contributed by atoms with Gasteiger partial charge in [0.2, 0.25) is 0 Å². The van der Waals surface area contributed by atoms with Crippen LogP contribution in [0.2, 0.25) is 0 Å². The van der Waals surface area contributed by atoms with Gasteiger partial charge in [-0.05, 0) is 126 Å². The summed E-state index contributed by atoms with van der Waals surface area (Å²) in [5, 5.41) is 4.23. The summed E-state index contributed by atoms with van der Waals surface area (Å²) < 4.78 is 11.5. The van der Waals surface area contributed by atoms with Gasteiger partial charge in [0.05, 0.1) is 50.2 Å². The molecule has 0 unspecified atom stereocenters. The molecule has 7 heteroatoms. The van der Waals surface area contributed by atoms with Crippen molar-refractivity contribution in [1.82, 2.24) is 29.1 Å². The zero-order chi connectivity index (χ0) is 50.3. The summed E-state index contributed by atoms with van der Waals surface area (Å²) in [5.41, 5.74) is 18.2. The minimum absolute atomic E-state index is 0.817. The molecule has 0 amide bonds. The highest BCUT2D eigenvalue weighted by Crippen LogP contribution is 2.42. The molecule has 0 atom stereocenters. The maximum atomic E-state index is 6.85. The van der Waals surface area contributed by atoms with Crippen LogP contribution in [0.3, 0.4) is 0 Å². The van der Waals surface area contributed by atoms with Crippen molar-refractivity contribution in [2.75, 3.05) is 0 Å². The summed E-state index contributed by atoms with van der Waals surface area (Å²) in [4.78, 5) is 19.2. The molecule has 6 aromatic carbocycles. The second kappa shape index (κ2) is 21.4. The third kappa shape index (κ3) is 8.87. The molecular weight excluding hydrogens is 893 g/mol. The number of hydrogen-bond donors (Lipinski definition) is 0. The molecule has 0 fully saturated rings. The standard InChI is InChI=1S/C56H34N6O.C5H8.C3H8.C2H6/c1-3-14-40(46-17-5-7-28-57-46)38(12-1)35-22-25-48-44(32-35)54-50(20-10-30-59-54)61(48)37-24-27-53-43(34-37)42-16-9-19-52(56(42)63-53)62-49-26-23-36(33-45(49)55-51(62)21-11-31-60-55)39-13-2-4-15-41(39)47-18-6-8-29-58-47;1-3-5-4-2;1-3-2;1-2/h1-34H;3-5H,1H2,2H3;3H2,1-2H3;1-2H3/b;5-4-;;. The maximum Gasteiger partial charge on any atom is 0.159 e. The minimum atomic E-state index is 0.817. The quantitative estimate of drug-likeness (QED) is 0.149. The monoisotopic (exact) mass is 948 g/mol. The average Bonchev–Trinajstić information content (AvgIpc) is 4.12. The molecule has 13 rings (SSSR count). The number of benzene rings is 6. The highest BCUT2D eigenvalue weighted by molar-refractivity contribution is 6.14. The largest absolute Gasteiger partial charge is 0.454 e. The van der Waals surface area contributed by atoms with Gasteiger partial charge in [-0.15, -0.1) is 0 Å². The normalized spacial score (nSPS) is 11.1. The molecule has 0 spiro atoms. The lowest BCUT2D eigenvalue weighted by Gasteiger charge is -2.11. The van der Waals surface area contributed by atoms with Crippen molar-refractivity contribution in [2.24, 2.45) is 0 Å². The van der Waals surface area contributed by atoms with Crippen molar-refractivity contribution >= 4 is 65.8 Å². The Bertz CT molecular complexity index is 4090. The molecule has 0 aliphatic rings. The van der Waals surface area contributed by atoms with Gasteiger partial charge in [0.25, 0.3) is 0 Å². The van der Waals surface area contributed by atoms with Crippen molar-refractivity contribution in [3.8, 4) is 56.1 Å². The first-order chi connectivity index (χ1) is 36.1. The summed E-state index contributed by atoms with van der Waals surface area (Å²) in [6.07, 6.45) is 14.3. The number of pyridine rings is 4. The molecule has 7 aromatic heterocycles. The van der Waals surface area contributed by atoms with E-state index in [1.807, 2.05) is 94.1 Å². The zero-order valence-corrected chi connectivity index (χ0v) is 41.9. The number of hydrogen-bond acceptors (Lipinski definition) is 5. The molecule has 7 nitrogen and oxygen atoms in total. The number of rotatable bonds is 7. The summed E-state index contributed by atoms with van der Waals surface area (Å²) in [6.45, 7) is 13.7. The van der Waals surface area contributed by atoms with Gasteiger partial charge >= 0.3 is 0 Å². The smallest absolute Gasteiger partial charge is 0.159 e. The van der Waals surface area contributed by atoms with E-state index in [9.17, 15) is 0 Å². The van der Waals surface area contributed by atoms with Crippen LogP contribution in [0.4, 0.5) is 0 Å². The number of nitrogens with zero attached hydrogens (tertiary/aromatic N) is 6. The van der Waals surface area contributed by atoms with Crippen LogP contribution in [0.5, 0.6) is 0 Å². The van der Waals surface area contributed by atoms with E-state index in [1.54, 1.807) is 6.08 Å². The molecular formula is C66H56N6O. The van der Waals surface area contributed by atoms with Gasteiger partial charge in [-0.2, -0.15) is 0 Å². The Hall–Kier alpha value is -9.20. The third-order valence-electron chi connectivity index (χ3n) is 12.7. The van der Waals surface area contributed by atoms with Crippen LogP contribution in [0.15, 0.2) is 236 Å². The molecule has 0 saturated heterocycles. The number of fused-ring (bicyclic) bond motifs is 9. The highest BCUT2D eigenvalue weighted by Gasteiger charge is 2.21. The lowest BCUT2D eigenvalue weighted by Crippen LogP contribution is -1.94. The summed E-state index contributed by atoms with van der Waals surface area (Å²) >= 11 is 0. The van der Waals surface area contributed by atoms with Crippen molar-refractivity contribution in [2.45, 2.75) is 41.0 Å². The van der Waals surface area contributed by atoms with Crippen LogP contribution >= 0.6 is 0 Å². The van der Waals surface area contributed by atoms with Gasteiger partial charge in [0.15, 0.2) is 5.58 Å². The first kappa shape index (κ1) is 47.5. The van der Waals surface area contributed by atoms with E-state index < -0.39 is 0 Å². The molecule has 7 heterocycles. The minimum Gasteiger partial charge on any atom is -0.454 e. The molecule has 0 N–H and O–H groups in total. The molecule has 0 bridgehead atoms. The molecule has 0 aliphatic heterocycles. The van der Waals surface area contributed by atoms with E-state index in [2.05, 4.69) is 185 Å². The Labute approximate surface area is 426 Å². The lowest BCUT2D eigenvalue weighted by atomic mass is 9.96. The number of aromatic nitrogens is 6. The number of furan rings is 1. The van der Waals surface area contributed by atoms with Crippen LogP contribution in [0.25, 0.3) is 122 Å². The van der Waals surface area contributed by atoms with Crippen molar-refractivity contribution in [3.63, 3.8) is 0 Å². The first-order valence-corrected chi connectivity index (χ1v) is 25.1. The summed E-state index contributed by atoms with van der Waals surface area (Å²) in [6, 6.07) is 63.6. The Morgan fingerprint density at radius 3 is 1.51 bits per heavy atom. The zero-order valence-electron chi connectivity index (χ0n) is 41.9. The molecule has 0 saturated carbocycles. The fourth-order valence-corrected chi connectivity index (χ4v) is 9.73. The average molecular weight is 949 g/mol. The van der Waals surface area contributed by atoms with Gasteiger partial charge in [-0.25, -0.2) is 0 Å². The Kier molecular flexibility index (Phi) is 13.9. The Balaban J connectivity index is 0.000000567. The van der Waals surface area contributed by atoms with Crippen molar-refractivity contribution in [1.29, 1.82) is 0 Å². The fourth-order valence-electron chi connectivity index (χ4n) is 9.73. The van der Waals surface area contributed by atoms with E-state index in [-0.39, 0.29) is 0 Å². The van der Waals surface area contributed by atoms with Crippen LogP contribution < -0.4 is 0 Å². The Morgan fingerprint density at radius 2 is 0.986 bits per heavy atom. The first-order valence-electron chi connectivity index (χ1n) is 25.1. The maximum absolute atomic E-state index is 6.85. The van der Waals surface area contributed by atoms with Gasteiger partial charge < -0.3 is 13.6 Å². The predicted octanol–water partition coefficient (Wildman–Crippen LogP) is 18.2. The molecule has 13 aromatic rings. The SMILES string of the molecule is C=C/C=C\C.CC.CCC.c1ccc(-c2ccccc2-c2ccc3c(c2)c2ncccc2n3-c2ccc3oc4c(-n5c6ccc(-c7ccccc7-c7ccccn7)cc6c6ncccc65)cccc4c3c2)nc1. The van der Waals surface area contributed by atoms with Crippen LogP contribution in [0, 0.1) is 0 Å². The fraction of sp³-hybridized carbons (Fsp3) is 0.0909.